The first kappa shape index (κ1) is 18.8. The van der Waals surface area contributed by atoms with E-state index in [1.54, 1.807) is 50.5 Å². The molecular weight excluding hydrogens is 368 g/mol. The maximum atomic E-state index is 12.4. The van der Waals surface area contributed by atoms with Gasteiger partial charge in [-0.2, -0.15) is 0 Å². The Bertz CT molecular complexity index is 954. The summed E-state index contributed by atoms with van der Waals surface area (Å²) in [6, 6.07) is 9.54. The molecule has 1 fully saturated rings. The Labute approximate surface area is 157 Å². The van der Waals surface area contributed by atoms with Crippen LogP contribution in [0.3, 0.4) is 0 Å². The molecule has 0 radical (unpaired) electrons. The molecule has 0 atom stereocenters. The highest BCUT2D eigenvalue weighted by Gasteiger charge is 2.28. The molecule has 0 spiro atoms. The van der Waals surface area contributed by atoms with Crippen LogP contribution in [0.2, 0.25) is 0 Å². The Kier molecular flexibility index (Phi) is 5.13. The number of benzene rings is 1. The van der Waals surface area contributed by atoms with Crippen molar-refractivity contribution in [2.24, 2.45) is 0 Å². The first-order valence-corrected chi connectivity index (χ1v) is 9.98. The lowest BCUT2D eigenvalue weighted by Crippen LogP contribution is -2.25. The molecule has 0 unspecified atom stereocenters. The van der Waals surface area contributed by atoms with Gasteiger partial charge in [0.05, 0.1) is 23.3 Å². The summed E-state index contributed by atoms with van der Waals surface area (Å²) >= 11 is 0. The maximum absolute atomic E-state index is 12.4. The largest absolute Gasteiger partial charge is 0.343 e. The van der Waals surface area contributed by atoms with Gasteiger partial charge in [0.25, 0.3) is 11.8 Å². The van der Waals surface area contributed by atoms with Gasteiger partial charge in [0.2, 0.25) is 10.0 Å². The Hall–Kier alpha value is -2.94. The van der Waals surface area contributed by atoms with Crippen LogP contribution in [0.15, 0.2) is 42.6 Å². The van der Waals surface area contributed by atoms with Crippen LogP contribution in [0.1, 0.15) is 27.3 Å². The van der Waals surface area contributed by atoms with E-state index in [9.17, 15) is 18.0 Å². The van der Waals surface area contributed by atoms with E-state index < -0.39 is 10.0 Å². The number of sulfonamides is 1. The molecule has 142 valence electrons. The maximum Gasteiger partial charge on any atom is 0.271 e. The van der Waals surface area contributed by atoms with Gasteiger partial charge in [-0.25, -0.2) is 13.4 Å². The van der Waals surface area contributed by atoms with Crippen LogP contribution in [-0.4, -0.2) is 56.5 Å². The third-order valence-corrected chi connectivity index (χ3v) is 6.03. The van der Waals surface area contributed by atoms with Crippen LogP contribution in [0, 0.1) is 0 Å². The Balaban J connectivity index is 1.69. The molecule has 0 aliphatic carbocycles. The first-order chi connectivity index (χ1) is 12.8. The predicted molar refractivity (Wildman–Crippen MR) is 102 cm³/mol. The average Bonchev–Trinajstić information content (AvgIpc) is 3.01. The summed E-state index contributed by atoms with van der Waals surface area (Å²) in [5.41, 5.74) is 1.69. The van der Waals surface area contributed by atoms with Crippen LogP contribution < -0.4 is 9.62 Å². The number of amides is 2. The zero-order valence-electron chi connectivity index (χ0n) is 15.0. The highest BCUT2D eigenvalue weighted by molar-refractivity contribution is 7.93. The fraction of sp³-hybridized carbons (Fsp3) is 0.278. The van der Waals surface area contributed by atoms with Crippen LogP contribution in [0.25, 0.3) is 0 Å². The quantitative estimate of drug-likeness (QED) is 0.857. The molecule has 1 aromatic carbocycles. The molecule has 2 heterocycles. The fourth-order valence-corrected chi connectivity index (χ4v) is 4.30. The average molecular weight is 388 g/mol. The van der Waals surface area contributed by atoms with E-state index in [0.29, 0.717) is 29.9 Å². The number of carbonyl (C=O) groups excluding carboxylic acids is 2. The van der Waals surface area contributed by atoms with E-state index in [0.717, 1.165) is 0 Å². The van der Waals surface area contributed by atoms with Gasteiger partial charge < -0.3 is 10.2 Å². The van der Waals surface area contributed by atoms with E-state index >= 15 is 0 Å². The number of aromatic nitrogens is 1. The second-order valence-corrected chi connectivity index (χ2v) is 8.39. The van der Waals surface area contributed by atoms with E-state index in [2.05, 4.69) is 10.3 Å². The van der Waals surface area contributed by atoms with Crippen LogP contribution in [0.5, 0.6) is 0 Å². The summed E-state index contributed by atoms with van der Waals surface area (Å²) in [6.07, 6.45) is 2.02. The van der Waals surface area contributed by atoms with Crippen LogP contribution >= 0.6 is 0 Å². The second-order valence-electron chi connectivity index (χ2n) is 6.37. The normalized spacial score (nSPS) is 15.4. The van der Waals surface area contributed by atoms with Crippen molar-refractivity contribution in [3.63, 3.8) is 0 Å². The number of hydrogen-bond donors (Lipinski definition) is 1. The van der Waals surface area contributed by atoms with E-state index in [4.69, 9.17) is 0 Å². The van der Waals surface area contributed by atoms with Gasteiger partial charge in [0.1, 0.15) is 5.69 Å². The molecule has 0 bridgehead atoms. The van der Waals surface area contributed by atoms with Crippen molar-refractivity contribution in [2.75, 3.05) is 36.0 Å². The van der Waals surface area contributed by atoms with Gasteiger partial charge in [-0.1, -0.05) is 0 Å². The molecule has 1 aliphatic rings. The molecule has 1 aliphatic heterocycles. The summed E-state index contributed by atoms with van der Waals surface area (Å²) < 4.78 is 25.3. The van der Waals surface area contributed by atoms with Crippen molar-refractivity contribution < 1.29 is 18.0 Å². The number of carbonyl (C=O) groups is 2. The highest BCUT2D eigenvalue weighted by atomic mass is 32.2. The summed E-state index contributed by atoms with van der Waals surface area (Å²) in [6.45, 7) is 0.456. The van der Waals surface area contributed by atoms with E-state index in [1.165, 1.54) is 15.4 Å². The fourth-order valence-electron chi connectivity index (χ4n) is 2.74. The molecule has 9 heteroatoms. The monoisotopic (exact) mass is 388 g/mol. The lowest BCUT2D eigenvalue weighted by atomic mass is 10.2. The SMILES string of the molecule is CN(C)C(=O)c1ccc(NC(=O)c2ccc(N3CCCS3(=O)=O)cc2)cn1. The number of pyridine rings is 1. The third kappa shape index (κ3) is 4.08. The molecule has 2 amide bonds. The number of nitrogens with one attached hydrogen (secondary N) is 1. The zero-order valence-corrected chi connectivity index (χ0v) is 15.9. The van der Waals surface area contributed by atoms with Crippen molar-refractivity contribution in [1.29, 1.82) is 0 Å². The summed E-state index contributed by atoms with van der Waals surface area (Å²) in [5, 5.41) is 2.70. The Morgan fingerprint density at radius 3 is 2.33 bits per heavy atom. The minimum atomic E-state index is -3.25. The molecule has 1 saturated heterocycles. The lowest BCUT2D eigenvalue weighted by Gasteiger charge is -2.17. The standard InChI is InChI=1S/C18H20N4O4S/c1-21(2)18(24)16-9-6-14(12-19-16)20-17(23)13-4-7-15(8-5-13)22-10-3-11-27(22,25)26/h4-9,12H,3,10-11H2,1-2H3,(H,20,23). The molecular formula is C18H20N4O4S. The predicted octanol–water partition coefficient (Wildman–Crippen LogP) is 1.58. The number of anilines is 2. The molecule has 2 aromatic rings. The van der Waals surface area contributed by atoms with Gasteiger partial charge in [-0.05, 0) is 42.8 Å². The zero-order chi connectivity index (χ0) is 19.6. The van der Waals surface area contributed by atoms with E-state index in [-0.39, 0.29) is 23.3 Å². The van der Waals surface area contributed by atoms with Crippen molar-refractivity contribution in [1.82, 2.24) is 9.88 Å². The van der Waals surface area contributed by atoms with Crippen LogP contribution in [-0.2, 0) is 10.0 Å². The smallest absolute Gasteiger partial charge is 0.271 e. The molecule has 27 heavy (non-hydrogen) atoms. The van der Waals surface area contributed by atoms with Gasteiger partial charge in [-0.15, -0.1) is 0 Å². The van der Waals surface area contributed by atoms with Crippen molar-refractivity contribution >= 4 is 33.2 Å². The first-order valence-electron chi connectivity index (χ1n) is 8.37. The van der Waals surface area contributed by atoms with Crippen molar-refractivity contribution in [3.05, 3.63) is 53.9 Å². The Morgan fingerprint density at radius 2 is 1.81 bits per heavy atom. The van der Waals surface area contributed by atoms with Gasteiger partial charge >= 0.3 is 0 Å². The summed E-state index contributed by atoms with van der Waals surface area (Å²) in [5.74, 6) is -0.422. The topological polar surface area (TPSA) is 99.7 Å². The lowest BCUT2D eigenvalue weighted by molar-refractivity contribution is 0.0822. The molecule has 1 aromatic heterocycles. The highest BCUT2D eigenvalue weighted by Crippen LogP contribution is 2.24. The number of rotatable bonds is 4. The molecule has 3 rings (SSSR count). The van der Waals surface area contributed by atoms with Crippen LogP contribution in [0.4, 0.5) is 11.4 Å². The van der Waals surface area contributed by atoms with Crippen molar-refractivity contribution in [3.8, 4) is 0 Å². The van der Waals surface area contributed by atoms with Gasteiger partial charge in [0, 0.05) is 26.2 Å². The summed E-state index contributed by atoms with van der Waals surface area (Å²) in [4.78, 5) is 29.6. The van der Waals surface area contributed by atoms with E-state index in [1.807, 2.05) is 0 Å². The third-order valence-electron chi connectivity index (χ3n) is 4.16. The minimum Gasteiger partial charge on any atom is -0.343 e. The Morgan fingerprint density at radius 1 is 1.11 bits per heavy atom. The molecule has 8 nitrogen and oxygen atoms in total. The molecule has 1 N–H and O–H groups in total. The molecule has 0 saturated carbocycles. The second kappa shape index (κ2) is 7.36. The van der Waals surface area contributed by atoms with Gasteiger partial charge in [-0.3, -0.25) is 13.9 Å². The number of nitrogens with zero attached hydrogens (tertiary/aromatic N) is 3. The van der Waals surface area contributed by atoms with Gasteiger partial charge in [0.15, 0.2) is 0 Å². The van der Waals surface area contributed by atoms with Crippen molar-refractivity contribution in [2.45, 2.75) is 6.42 Å². The number of hydrogen-bond acceptors (Lipinski definition) is 5. The minimum absolute atomic E-state index is 0.147. The summed E-state index contributed by atoms with van der Waals surface area (Å²) in [7, 11) is 0.0257.